The second-order valence-electron chi connectivity index (χ2n) is 7.80. The smallest absolute Gasteiger partial charge is 0.192 e. The average molecular weight is 327 g/mol. The maximum absolute atomic E-state index is 9.45. The lowest BCUT2D eigenvalue weighted by Gasteiger charge is -2.36. The Kier molecular flexibility index (Phi) is 5.76. The molecule has 0 atom stereocenters. The Labute approximate surface area is 136 Å². The molecule has 4 heteroatoms. The Morgan fingerprint density at radius 1 is 1.05 bits per heavy atom. The first-order chi connectivity index (χ1) is 9.37. The first-order valence-electron chi connectivity index (χ1n) is 7.47. The maximum atomic E-state index is 9.45. The van der Waals surface area contributed by atoms with Gasteiger partial charge in [0.05, 0.1) is 13.2 Å². The van der Waals surface area contributed by atoms with E-state index in [9.17, 15) is 5.11 Å². The van der Waals surface area contributed by atoms with Crippen molar-refractivity contribution in [3.05, 3.63) is 34.9 Å². The van der Waals surface area contributed by atoms with E-state index in [-0.39, 0.29) is 16.4 Å². The molecule has 0 aliphatic carbocycles. The molecule has 0 heterocycles. The van der Waals surface area contributed by atoms with E-state index in [0.717, 1.165) is 16.7 Å². The molecule has 1 aromatic rings. The highest BCUT2D eigenvalue weighted by Crippen LogP contribution is 2.37. The summed E-state index contributed by atoms with van der Waals surface area (Å²) < 4.78 is 6.05. The lowest BCUT2D eigenvalue weighted by molar-refractivity contribution is 0.272. The van der Waals surface area contributed by atoms with Gasteiger partial charge in [-0.05, 0) is 48.7 Å². The zero-order valence-corrected chi connectivity index (χ0v) is 16.3. The van der Waals surface area contributed by atoms with Crippen LogP contribution < -0.4 is 0 Å². The van der Waals surface area contributed by atoms with Gasteiger partial charge in [0, 0.05) is 4.75 Å². The molecule has 0 radical (unpaired) electrons. The van der Waals surface area contributed by atoms with Gasteiger partial charge in [0.1, 0.15) is 0 Å². The number of aliphatic hydroxyl groups excluding tert-OH is 1. The molecule has 0 bridgehead atoms. The molecule has 0 aliphatic heterocycles. The summed E-state index contributed by atoms with van der Waals surface area (Å²) >= 11 is 4.63. The van der Waals surface area contributed by atoms with Crippen LogP contribution in [0.4, 0.5) is 0 Å². The van der Waals surface area contributed by atoms with Crippen LogP contribution in [0.1, 0.15) is 51.3 Å². The summed E-state index contributed by atoms with van der Waals surface area (Å²) in [5.74, 6) is 0. The summed E-state index contributed by atoms with van der Waals surface area (Å²) in [6.45, 7) is 16.0. The van der Waals surface area contributed by atoms with Gasteiger partial charge in [-0.2, -0.15) is 12.6 Å². The van der Waals surface area contributed by atoms with Gasteiger partial charge in [-0.3, -0.25) is 0 Å². The zero-order valence-electron chi connectivity index (χ0n) is 14.4. The Morgan fingerprint density at radius 2 is 1.57 bits per heavy atom. The van der Waals surface area contributed by atoms with Gasteiger partial charge in [0.25, 0.3) is 0 Å². The molecule has 1 aromatic carbocycles. The maximum Gasteiger partial charge on any atom is 0.192 e. The van der Waals surface area contributed by atoms with Crippen molar-refractivity contribution in [3.8, 4) is 0 Å². The van der Waals surface area contributed by atoms with Gasteiger partial charge in [0.15, 0.2) is 8.32 Å². The topological polar surface area (TPSA) is 29.5 Å². The molecule has 0 fully saturated rings. The molecule has 120 valence electrons. The van der Waals surface area contributed by atoms with Crippen molar-refractivity contribution in [2.24, 2.45) is 0 Å². The SMILES string of the molecule is CC(C)(S)c1cc(CO)cc(CO[Si](C)(C)C(C)(C)C)c1. The first kappa shape index (κ1) is 18.8. The van der Waals surface area contributed by atoms with Crippen LogP contribution in [0.5, 0.6) is 0 Å². The lowest BCUT2D eigenvalue weighted by atomic mass is 9.97. The van der Waals surface area contributed by atoms with Crippen molar-refractivity contribution in [3.63, 3.8) is 0 Å². The van der Waals surface area contributed by atoms with Crippen molar-refractivity contribution in [2.45, 2.75) is 70.7 Å². The predicted molar refractivity (Wildman–Crippen MR) is 96.4 cm³/mol. The molecule has 1 rings (SSSR count). The number of hydrogen-bond donors (Lipinski definition) is 2. The van der Waals surface area contributed by atoms with Gasteiger partial charge >= 0.3 is 0 Å². The van der Waals surface area contributed by atoms with Crippen LogP contribution >= 0.6 is 12.6 Å². The van der Waals surface area contributed by atoms with Crippen LogP contribution in [-0.4, -0.2) is 13.4 Å². The minimum Gasteiger partial charge on any atom is -0.413 e. The molecule has 0 saturated heterocycles. The van der Waals surface area contributed by atoms with E-state index in [1.54, 1.807) is 0 Å². The highest BCUT2D eigenvalue weighted by Gasteiger charge is 2.37. The highest BCUT2D eigenvalue weighted by molar-refractivity contribution is 7.81. The summed E-state index contributed by atoms with van der Waals surface area (Å²) in [6, 6.07) is 6.18. The second-order valence-corrected chi connectivity index (χ2v) is 13.7. The van der Waals surface area contributed by atoms with Crippen LogP contribution in [0.25, 0.3) is 0 Å². The fourth-order valence-electron chi connectivity index (χ4n) is 1.77. The fourth-order valence-corrected chi connectivity index (χ4v) is 2.86. The van der Waals surface area contributed by atoms with Crippen molar-refractivity contribution < 1.29 is 9.53 Å². The van der Waals surface area contributed by atoms with Gasteiger partial charge < -0.3 is 9.53 Å². The predicted octanol–water partition coefficient (Wildman–Crippen LogP) is 4.87. The average Bonchev–Trinajstić information content (AvgIpc) is 2.33. The quantitative estimate of drug-likeness (QED) is 0.597. The number of thiol groups is 1. The van der Waals surface area contributed by atoms with Crippen LogP contribution in [0.3, 0.4) is 0 Å². The van der Waals surface area contributed by atoms with Gasteiger partial charge in [0.2, 0.25) is 0 Å². The largest absolute Gasteiger partial charge is 0.413 e. The summed E-state index contributed by atoms with van der Waals surface area (Å²) in [6.07, 6.45) is 0. The van der Waals surface area contributed by atoms with Crippen molar-refractivity contribution >= 4 is 20.9 Å². The zero-order chi connectivity index (χ0) is 16.5. The Hall–Kier alpha value is -0.293. The molecule has 0 aromatic heterocycles. The molecule has 1 N–H and O–H groups in total. The lowest BCUT2D eigenvalue weighted by Crippen LogP contribution is -2.40. The summed E-state index contributed by atoms with van der Waals surface area (Å²) in [5.41, 5.74) is 3.15. The number of benzene rings is 1. The third-order valence-electron chi connectivity index (χ3n) is 4.35. The monoisotopic (exact) mass is 326 g/mol. The third kappa shape index (κ3) is 5.13. The molecule has 21 heavy (non-hydrogen) atoms. The molecule has 0 amide bonds. The second kappa shape index (κ2) is 6.45. The van der Waals surface area contributed by atoms with E-state index < -0.39 is 8.32 Å². The van der Waals surface area contributed by atoms with Crippen LogP contribution in [0.2, 0.25) is 18.1 Å². The molecule has 0 aliphatic rings. The van der Waals surface area contributed by atoms with Crippen LogP contribution in [0, 0.1) is 0 Å². The van der Waals surface area contributed by atoms with E-state index in [1.807, 2.05) is 12.1 Å². The third-order valence-corrected chi connectivity index (χ3v) is 9.08. The van der Waals surface area contributed by atoms with E-state index in [0.29, 0.717) is 6.61 Å². The van der Waals surface area contributed by atoms with Crippen LogP contribution in [-0.2, 0) is 22.4 Å². The van der Waals surface area contributed by atoms with E-state index in [1.165, 1.54) is 0 Å². The van der Waals surface area contributed by atoms with E-state index in [4.69, 9.17) is 4.43 Å². The van der Waals surface area contributed by atoms with Crippen molar-refractivity contribution in [2.75, 3.05) is 0 Å². The highest BCUT2D eigenvalue weighted by atomic mass is 32.1. The van der Waals surface area contributed by atoms with Crippen molar-refractivity contribution in [1.29, 1.82) is 0 Å². The Morgan fingerprint density at radius 3 is 2.00 bits per heavy atom. The van der Waals surface area contributed by atoms with Crippen LogP contribution in [0.15, 0.2) is 18.2 Å². The Bertz CT molecular complexity index is 485. The normalized spacial score (nSPS) is 13.6. The number of aliphatic hydroxyl groups is 1. The summed E-state index contributed by atoms with van der Waals surface area (Å²) in [5, 5.41) is 9.65. The molecular formula is C17H30O2SSi. The van der Waals surface area contributed by atoms with Crippen molar-refractivity contribution in [1.82, 2.24) is 0 Å². The van der Waals surface area contributed by atoms with Gasteiger partial charge in [-0.25, -0.2) is 0 Å². The standard InChI is InChI=1S/C17H30O2SSi/c1-16(2,3)21(6,7)19-12-14-8-13(11-18)9-15(10-14)17(4,5)20/h8-10,18,20H,11-12H2,1-7H3. The molecular weight excluding hydrogens is 296 g/mol. The van der Waals surface area contributed by atoms with E-state index >= 15 is 0 Å². The van der Waals surface area contributed by atoms with Gasteiger partial charge in [-0.15, -0.1) is 0 Å². The molecule has 0 saturated carbocycles. The molecule has 2 nitrogen and oxygen atoms in total. The van der Waals surface area contributed by atoms with E-state index in [2.05, 4.69) is 66.4 Å². The number of hydrogen-bond acceptors (Lipinski definition) is 3. The number of rotatable bonds is 5. The minimum absolute atomic E-state index is 0.0464. The Balaban J connectivity index is 2.99. The minimum atomic E-state index is -1.76. The fraction of sp³-hybridized carbons (Fsp3) is 0.647. The first-order valence-corrected chi connectivity index (χ1v) is 10.8. The summed E-state index contributed by atoms with van der Waals surface area (Å²) in [4.78, 5) is 0. The van der Waals surface area contributed by atoms with Gasteiger partial charge in [-0.1, -0.05) is 39.0 Å². The molecule has 0 spiro atoms. The summed E-state index contributed by atoms with van der Waals surface area (Å²) in [7, 11) is -1.76. The molecule has 0 unspecified atom stereocenters.